The molecule has 0 spiro atoms. The molecule has 4 rings (SSSR count). The first-order valence-corrected chi connectivity index (χ1v) is 9.66. The van der Waals surface area contributed by atoms with Crippen LogP contribution in [0.3, 0.4) is 0 Å². The fourth-order valence-corrected chi connectivity index (χ4v) is 3.39. The fraction of sp³-hybridized carbons (Fsp3) is 0.100. The number of aromatic nitrogens is 4. The molecule has 2 aromatic carbocycles. The smallest absolute Gasteiger partial charge is 0.234 e. The molecule has 29 heavy (non-hydrogen) atoms. The van der Waals surface area contributed by atoms with E-state index in [-0.39, 0.29) is 17.5 Å². The Bertz CT molecular complexity index is 1160. The van der Waals surface area contributed by atoms with Crippen LogP contribution < -0.4 is 10.1 Å². The van der Waals surface area contributed by atoms with Crippen molar-refractivity contribution >= 4 is 29.0 Å². The molecule has 0 aliphatic carbocycles. The molecule has 1 N–H and O–H groups in total. The first kappa shape index (κ1) is 18.9. The summed E-state index contributed by atoms with van der Waals surface area (Å²) < 4.78 is 20.0. The van der Waals surface area contributed by atoms with Crippen molar-refractivity contribution in [2.24, 2.45) is 0 Å². The van der Waals surface area contributed by atoms with Crippen molar-refractivity contribution in [3.05, 3.63) is 66.5 Å². The van der Waals surface area contributed by atoms with Crippen molar-refractivity contribution in [3.63, 3.8) is 0 Å². The number of carbonyl (C=O) groups is 1. The highest BCUT2D eigenvalue weighted by molar-refractivity contribution is 7.99. The fourth-order valence-electron chi connectivity index (χ4n) is 2.70. The molecule has 4 aromatic rings. The minimum absolute atomic E-state index is 0.126. The zero-order valence-corrected chi connectivity index (χ0v) is 16.2. The molecule has 0 aliphatic heterocycles. The molecule has 9 heteroatoms. The molecule has 0 fully saturated rings. The molecular weight excluding hydrogens is 393 g/mol. The maximum absolute atomic E-state index is 13.2. The second-order valence-electron chi connectivity index (χ2n) is 6.02. The monoisotopic (exact) mass is 409 g/mol. The Morgan fingerprint density at radius 1 is 1.10 bits per heavy atom. The zero-order chi connectivity index (χ0) is 20.2. The van der Waals surface area contributed by atoms with E-state index in [0.717, 1.165) is 5.56 Å². The quantitative estimate of drug-likeness (QED) is 0.490. The third kappa shape index (κ3) is 4.19. The lowest BCUT2D eigenvalue weighted by molar-refractivity contribution is -0.113. The lowest BCUT2D eigenvalue weighted by atomic mass is 10.1. The van der Waals surface area contributed by atoms with Crippen LogP contribution in [-0.4, -0.2) is 38.6 Å². The van der Waals surface area contributed by atoms with Crippen LogP contribution in [0.25, 0.3) is 16.9 Å². The van der Waals surface area contributed by atoms with E-state index in [1.807, 2.05) is 12.1 Å². The van der Waals surface area contributed by atoms with Crippen LogP contribution in [-0.2, 0) is 4.79 Å². The number of nitrogens with zero attached hydrogens (tertiary/aromatic N) is 4. The number of rotatable bonds is 6. The lowest BCUT2D eigenvalue weighted by Crippen LogP contribution is -2.15. The molecule has 0 atom stereocenters. The number of anilines is 1. The molecule has 146 valence electrons. The highest BCUT2D eigenvalue weighted by Gasteiger charge is 2.13. The van der Waals surface area contributed by atoms with Gasteiger partial charge in [-0.25, -0.2) is 4.39 Å². The average molecular weight is 409 g/mol. The summed E-state index contributed by atoms with van der Waals surface area (Å²) in [5, 5.41) is 16.0. The third-order valence-corrected chi connectivity index (χ3v) is 5.01. The molecule has 0 saturated heterocycles. The van der Waals surface area contributed by atoms with Crippen molar-refractivity contribution in [3.8, 4) is 17.0 Å². The van der Waals surface area contributed by atoms with Crippen LogP contribution in [0.5, 0.6) is 5.75 Å². The van der Waals surface area contributed by atoms with E-state index < -0.39 is 0 Å². The number of ether oxygens (including phenoxy) is 1. The summed E-state index contributed by atoms with van der Waals surface area (Å²) in [6, 6.07) is 16.8. The Hall–Kier alpha value is -3.46. The number of carbonyl (C=O) groups excluding carboxylic acids is 1. The van der Waals surface area contributed by atoms with Crippen LogP contribution in [0.1, 0.15) is 0 Å². The second-order valence-corrected chi connectivity index (χ2v) is 6.96. The SMILES string of the molecule is COc1ccccc1NC(=O)CSc1nnc2ccc(-c3ccc(F)cc3)nn12. The average Bonchev–Trinajstić information content (AvgIpc) is 3.15. The first-order chi connectivity index (χ1) is 14.1. The van der Waals surface area contributed by atoms with Gasteiger partial charge in [-0.1, -0.05) is 23.9 Å². The predicted molar refractivity (Wildman–Crippen MR) is 109 cm³/mol. The molecule has 0 aliphatic rings. The predicted octanol–water partition coefficient (Wildman–Crippen LogP) is 3.67. The Balaban J connectivity index is 1.50. The number of nitrogens with one attached hydrogen (secondary N) is 1. The van der Waals surface area contributed by atoms with Gasteiger partial charge in [0, 0.05) is 5.56 Å². The highest BCUT2D eigenvalue weighted by Crippen LogP contribution is 2.24. The van der Waals surface area contributed by atoms with Crippen LogP contribution in [0.2, 0.25) is 0 Å². The Morgan fingerprint density at radius 3 is 2.69 bits per heavy atom. The van der Waals surface area contributed by atoms with Gasteiger partial charge in [-0.05, 0) is 48.5 Å². The minimum Gasteiger partial charge on any atom is -0.495 e. The van der Waals surface area contributed by atoms with E-state index in [4.69, 9.17) is 4.74 Å². The summed E-state index contributed by atoms with van der Waals surface area (Å²) in [4.78, 5) is 12.3. The number of amides is 1. The van der Waals surface area contributed by atoms with E-state index in [2.05, 4.69) is 20.6 Å². The Morgan fingerprint density at radius 2 is 1.90 bits per heavy atom. The number of hydrogen-bond acceptors (Lipinski definition) is 6. The summed E-state index contributed by atoms with van der Waals surface area (Å²) in [7, 11) is 1.55. The van der Waals surface area contributed by atoms with Crippen molar-refractivity contribution in [1.82, 2.24) is 19.8 Å². The molecule has 0 unspecified atom stereocenters. The molecule has 7 nitrogen and oxygen atoms in total. The number of fused-ring (bicyclic) bond motifs is 1. The third-order valence-electron chi connectivity index (χ3n) is 4.09. The molecule has 2 heterocycles. The summed E-state index contributed by atoms with van der Waals surface area (Å²) in [6.45, 7) is 0. The minimum atomic E-state index is -0.309. The van der Waals surface area contributed by atoms with E-state index in [1.54, 1.807) is 48.0 Å². The molecule has 1 amide bonds. The summed E-state index contributed by atoms with van der Waals surface area (Å²) in [5.74, 6) is 0.202. The Labute approximate surface area is 169 Å². The van der Waals surface area contributed by atoms with Gasteiger partial charge in [-0.3, -0.25) is 4.79 Å². The zero-order valence-electron chi connectivity index (χ0n) is 15.4. The summed E-state index contributed by atoms with van der Waals surface area (Å²) >= 11 is 1.22. The van der Waals surface area contributed by atoms with Gasteiger partial charge in [-0.2, -0.15) is 9.61 Å². The first-order valence-electron chi connectivity index (χ1n) is 8.68. The highest BCUT2D eigenvalue weighted by atomic mass is 32.2. The van der Waals surface area contributed by atoms with Gasteiger partial charge in [0.1, 0.15) is 11.6 Å². The standard InChI is InChI=1S/C20H16FN5O2S/c1-28-17-5-3-2-4-16(17)22-19(27)12-29-20-24-23-18-11-10-15(25-26(18)20)13-6-8-14(21)9-7-13/h2-11H,12H2,1H3,(H,22,27). The second kappa shape index (κ2) is 8.27. The van der Waals surface area contributed by atoms with Crippen LogP contribution in [0.4, 0.5) is 10.1 Å². The largest absolute Gasteiger partial charge is 0.495 e. The van der Waals surface area contributed by atoms with Crippen molar-refractivity contribution in [1.29, 1.82) is 0 Å². The molecular formula is C20H16FN5O2S. The topological polar surface area (TPSA) is 81.4 Å². The maximum atomic E-state index is 13.2. The maximum Gasteiger partial charge on any atom is 0.234 e. The number of halogens is 1. The van der Waals surface area contributed by atoms with Crippen molar-refractivity contribution < 1.29 is 13.9 Å². The number of benzene rings is 2. The number of thioether (sulfide) groups is 1. The molecule has 0 bridgehead atoms. The molecule has 0 saturated carbocycles. The van der Waals surface area contributed by atoms with Gasteiger partial charge >= 0.3 is 0 Å². The van der Waals surface area contributed by atoms with Crippen LogP contribution in [0, 0.1) is 5.82 Å². The van der Waals surface area contributed by atoms with E-state index in [0.29, 0.717) is 27.9 Å². The number of methoxy groups -OCH3 is 1. The number of hydrogen-bond donors (Lipinski definition) is 1. The van der Waals surface area contributed by atoms with E-state index >= 15 is 0 Å². The molecule has 2 aromatic heterocycles. The van der Waals surface area contributed by atoms with Crippen LogP contribution >= 0.6 is 11.8 Å². The number of para-hydroxylation sites is 2. The molecule has 0 radical (unpaired) electrons. The summed E-state index contributed by atoms with van der Waals surface area (Å²) in [6.07, 6.45) is 0. The van der Waals surface area contributed by atoms with Gasteiger partial charge in [-0.15, -0.1) is 10.2 Å². The van der Waals surface area contributed by atoms with Gasteiger partial charge in [0.25, 0.3) is 0 Å². The van der Waals surface area contributed by atoms with E-state index in [9.17, 15) is 9.18 Å². The van der Waals surface area contributed by atoms with Crippen LogP contribution in [0.15, 0.2) is 65.8 Å². The van der Waals surface area contributed by atoms with Gasteiger partial charge in [0.2, 0.25) is 11.1 Å². The summed E-state index contributed by atoms with van der Waals surface area (Å²) in [5.41, 5.74) is 2.58. The lowest BCUT2D eigenvalue weighted by Gasteiger charge is -2.09. The van der Waals surface area contributed by atoms with Gasteiger partial charge in [0.15, 0.2) is 5.65 Å². The van der Waals surface area contributed by atoms with Crippen molar-refractivity contribution in [2.75, 3.05) is 18.2 Å². The normalized spacial score (nSPS) is 10.8. The van der Waals surface area contributed by atoms with E-state index in [1.165, 1.54) is 23.9 Å². The van der Waals surface area contributed by atoms with Gasteiger partial charge < -0.3 is 10.1 Å². The Kier molecular flexibility index (Phi) is 5.39. The van der Waals surface area contributed by atoms with Gasteiger partial charge in [0.05, 0.1) is 24.2 Å². The van der Waals surface area contributed by atoms with Crippen molar-refractivity contribution in [2.45, 2.75) is 5.16 Å².